The van der Waals surface area contributed by atoms with E-state index in [2.05, 4.69) is 22.0 Å². The van der Waals surface area contributed by atoms with Gasteiger partial charge in [-0.05, 0) is 42.9 Å². The van der Waals surface area contributed by atoms with E-state index < -0.39 is 0 Å². The van der Waals surface area contributed by atoms with Crippen molar-refractivity contribution in [1.29, 1.82) is 0 Å². The summed E-state index contributed by atoms with van der Waals surface area (Å²) in [5.74, 6) is 0.841. The third-order valence-electron chi connectivity index (χ3n) is 4.99. The number of likely N-dealkylation sites (tertiary alicyclic amines) is 1. The van der Waals surface area contributed by atoms with Crippen LogP contribution in [0, 0.1) is 5.92 Å². The molecule has 1 spiro atoms. The zero-order valence-corrected chi connectivity index (χ0v) is 12.5. The maximum absolute atomic E-state index is 6.16. The lowest BCUT2D eigenvalue weighted by Crippen LogP contribution is -2.33. The first-order valence-corrected chi connectivity index (χ1v) is 8.18. The average molecular weight is 288 g/mol. The van der Waals surface area contributed by atoms with Gasteiger partial charge in [-0.3, -0.25) is 9.88 Å². The minimum atomic E-state index is 0.0568. The van der Waals surface area contributed by atoms with Crippen molar-refractivity contribution in [1.82, 2.24) is 9.88 Å². The average Bonchev–Trinajstić information content (AvgIpc) is 3.15. The van der Waals surface area contributed by atoms with Crippen LogP contribution in [0.1, 0.15) is 31.2 Å². The van der Waals surface area contributed by atoms with E-state index in [9.17, 15) is 0 Å². The summed E-state index contributed by atoms with van der Waals surface area (Å²) in [6, 6.07) is 4.20. The second-order valence-electron chi connectivity index (χ2n) is 6.91. The summed E-state index contributed by atoms with van der Waals surface area (Å²) in [6.07, 6.45) is 9.00. The Bertz CT molecular complexity index is 477. The van der Waals surface area contributed by atoms with Crippen molar-refractivity contribution >= 4 is 0 Å². The summed E-state index contributed by atoms with van der Waals surface area (Å²) in [5.41, 5.74) is 1.39. The predicted octanol–water partition coefficient (Wildman–Crippen LogP) is 2.24. The predicted molar refractivity (Wildman–Crippen MR) is 79.9 cm³/mol. The van der Waals surface area contributed by atoms with Crippen molar-refractivity contribution in [3.63, 3.8) is 0 Å². The largest absolute Gasteiger partial charge is 0.375 e. The van der Waals surface area contributed by atoms with Gasteiger partial charge in [0.2, 0.25) is 0 Å². The molecule has 1 aromatic rings. The van der Waals surface area contributed by atoms with Gasteiger partial charge in [-0.25, -0.2) is 0 Å². The summed E-state index contributed by atoms with van der Waals surface area (Å²) in [4.78, 5) is 6.58. The lowest BCUT2D eigenvalue weighted by molar-refractivity contribution is 0.000854. The van der Waals surface area contributed by atoms with Gasteiger partial charge in [0.15, 0.2) is 0 Å². The number of nitrogens with zero attached hydrogens (tertiary/aromatic N) is 2. The Labute approximate surface area is 126 Å². The zero-order valence-electron chi connectivity index (χ0n) is 12.5. The van der Waals surface area contributed by atoms with Crippen LogP contribution < -0.4 is 0 Å². The molecule has 0 N–H and O–H groups in total. The molecule has 4 heteroatoms. The second kappa shape index (κ2) is 5.67. The van der Waals surface area contributed by atoms with Crippen LogP contribution in [0.2, 0.25) is 0 Å². The van der Waals surface area contributed by atoms with Crippen LogP contribution in [-0.4, -0.2) is 47.9 Å². The molecule has 4 nitrogen and oxygen atoms in total. The van der Waals surface area contributed by atoms with E-state index in [-0.39, 0.29) is 5.60 Å². The zero-order chi connectivity index (χ0) is 14.1. The molecule has 0 bridgehead atoms. The molecule has 1 aromatic heterocycles. The van der Waals surface area contributed by atoms with Crippen LogP contribution in [-0.2, 0) is 16.0 Å². The number of pyridine rings is 1. The molecule has 2 aliphatic heterocycles. The van der Waals surface area contributed by atoms with Crippen LogP contribution in [0.15, 0.2) is 24.5 Å². The highest BCUT2D eigenvalue weighted by Gasteiger charge is 2.46. The third-order valence-corrected chi connectivity index (χ3v) is 4.99. The summed E-state index contributed by atoms with van der Waals surface area (Å²) in [5, 5.41) is 0. The Hall–Kier alpha value is -0.970. The van der Waals surface area contributed by atoms with Gasteiger partial charge in [0.25, 0.3) is 0 Å². The molecule has 0 unspecified atom stereocenters. The van der Waals surface area contributed by atoms with Gasteiger partial charge in [0, 0.05) is 45.1 Å². The molecule has 3 heterocycles. The highest BCUT2D eigenvalue weighted by atomic mass is 16.6. The molecular formula is C17H24N2O2. The molecule has 2 atom stereocenters. The van der Waals surface area contributed by atoms with E-state index in [0.29, 0.717) is 6.10 Å². The van der Waals surface area contributed by atoms with Gasteiger partial charge < -0.3 is 9.47 Å². The fourth-order valence-corrected chi connectivity index (χ4v) is 3.56. The van der Waals surface area contributed by atoms with Crippen LogP contribution in [0.4, 0.5) is 0 Å². The molecule has 1 saturated carbocycles. The Morgan fingerprint density at radius 1 is 1.33 bits per heavy atom. The smallest absolute Gasteiger partial charge is 0.0847 e. The van der Waals surface area contributed by atoms with Gasteiger partial charge in [-0.15, -0.1) is 0 Å². The van der Waals surface area contributed by atoms with E-state index in [4.69, 9.17) is 9.47 Å². The van der Waals surface area contributed by atoms with Crippen molar-refractivity contribution in [3.05, 3.63) is 30.1 Å². The van der Waals surface area contributed by atoms with E-state index >= 15 is 0 Å². The van der Waals surface area contributed by atoms with Crippen LogP contribution in [0.3, 0.4) is 0 Å². The molecule has 0 radical (unpaired) electrons. The molecular weight excluding hydrogens is 264 g/mol. The molecule has 3 aliphatic rings. The summed E-state index contributed by atoms with van der Waals surface area (Å²) < 4.78 is 12.2. The quantitative estimate of drug-likeness (QED) is 0.832. The van der Waals surface area contributed by atoms with Crippen LogP contribution >= 0.6 is 0 Å². The lowest BCUT2D eigenvalue weighted by atomic mass is 9.98. The highest BCUT2D eigenvalue weighted by Crippen LogP contribution is 2.38. The Balaban J connectivity index is 1.29. The second-order valence-corrected chi connectivity index (χ2v) is 6.91. The molecule has 21 heavy (non-hydrogen) atoms. The van der Waals surface area contributed by atoms with Gasteiger partial charge in [-0.2, -0.15) is 0 Å². The van der Waals surface area contributed by atoms with Gasteiger partial charge in [0.05, 0.1) is 18.3 Å². The molecule has 3 fully saturated rings. The number of hydrogen-bond donors (Lipinski definition) is 0. The fraction of sp³-hybridized carbons (Fsp3) is 0.706. The number of rotatable bonds is 5. The number of hydrogen-bond acceptors (Lipinski definition) is 4. The standard InChI is InChI=1S/C17H24N2O2/c1-2-15(1)11-20-16-9-17(21-12-16)5-8-19(13-17)10-14-3-6-18-7-4-14/h3-4,6-7,15-16H,1-2,5,8-13H2/t16-,17-/m1/s1. The van der Waals surface area contributed by atoms with Crippen LogP contribution in [0.25, 0.3) is 0 Å². The van der Waals surface area contributed by atoms with Crippen molar-refractivity contribution in [3.8, 4) is 0 Å². The lowest BCUT2D eigenvalue weighted by Gasteiger charge is -2.23. The first kappa shape index (κ1) is 13.7. The first-order valence-electron chi connectivity index (χ1n) is 8.18. The van der Waals surface area contributed by atoms with Gasteiger partial charge in [0.1, 0.15) is 0 Å². The monoisotopic (exact) mass is 288 g/mol. The molecule has 4 rings (SSSR count). The fourth-order valence-electron chi connectivity index (χ4n) is 3.56. The van der Waals surface area contributed by atoms with E-state index in [0.717, 1.165) is 51.6 Å². The highest BCUT2D eigenvalue weighted by molar-refractivity contribution is 5.10. The normalized spacial score (nSPS) is 33.0. The van der Waals surface area contributed by atoms with E-state index in [1.165, 1.54) is 18.4 Å². The summed E-state index contributed by atoms with van der Waals surface area (Å²) in [6.45, 7) is 4.90. The topological polar surface area (TPSA) is 34.6 Å². The summed E-state index contributed by atoms with van der Waals surface area (Å²) >= 11 is 0. The molecule has 2 saturated heterocycles. The van der Waals surface area contributed by atoms with Crippen molar-refractivity contribution < 1.29 is 9.47 Å². The minimum absolute atomic E-state index is 0.0568. The van der Waals surface area contributed by atoms with E-state index in [1.54, 1.807) is 0 Å². The number of ether oxygens (including phenoxy) is 2. The Kier molecular flexibility index (Phi) is 3.69. The van der Waals surface area contributed by atoms with Crippen molar-refractivity contribution in [2.75, 3.05) is 26.3 Å². The van der Waals surface area contributed by atoms with Crippen LogP contribution in [0.5, 0.6) is 0 Å². The molecule has 0 aromatic carbocycles. The third kappa shape index (κ3) is 3.28. The van der Waals surface area contributed by atoms with Gasteiger partial charge >= 0.3 is 0 Å². The van der Waals surface area contributed by atoms with Gasteiger partial charge in [-0.1, -0.05) is 0 Å². The number of aromatic nitrogens is 1. The SMILES string of the molecule is c1cc(CN2CC[C@@]3(C[C@@H](OCC4CC4)CO3)C2)ccn1. The molecule has 1 aliphatic carbocycles. The maximum atomic E-state index is 6.16. The van der Waals surface area contributed by atoms with Crippen molar-refractivity contribution in [2.24, 2.45) is 5.92 Å². The molecule has 114 valence electrons. The van der Waals surface area contributed by atoms with E-state index in [1.807, 2.05) is 12.4 Å². The minimum Gasteiger partial charge on any atom is -0.375 e. The Morgan fingerprint density at radius 3 is 3.00 bits per heavy atom. The first-order chi connectivity index (χ1) is 10.3. The molecule has 0 amide bonds. The summed E-state index contributed by atoms with van der Waals surface area (Å²) in [7, 11) is 0. The van der Waals surface area contributed by atoms with Crippen molar-refractivity contribution in [2.45, 2.75) is 43.9 Å². The Morgan fingerprint density at radius 2 is 2.19 bits per heavy atom. The maximum Gasteiger partial charge on any atom is 0.0847 e.